The second kappa shape index (κ2) is 20.5. The molecule has 0 atom stereocenters. The maximum atomic E-state index is 5.89. The van der Waals surface area contributed by atoms with Crippen molar-refractivity contribution in [2.75, 3.05) is 34.0 Å². The maximum absolute atomic E-state index is 5.89. The molecule has 0 aliphatic carbocycles. The van der Waals surface area contributed by atoms with Crippen molar-refractivity contribution < 1.29 is 21.6 Å². The zero-order valence-corrected chi connectivity index (χ0v) is 18.7. The van der Waals surface area contributed by atoms with E-state index >= 15 is 0 Å². The van der Waals surface area contributed by atoms with Crippen molar-refractivity contribution in [1.29, 1.82) is 0 Å². The summed E-state index contributed by atoms with van der Waals surface area (Å²) < 4.78 is 6.91. The van der Waals surface area contributed by atoms with Gasteiger partial charge in [0.15, 0.2) is 6.73 Å². The van der Waals surface area contributed by atoms with E-state index in [1.54, 1.807) is 0 Å². The standard InChI is InChI=1S/C22H48NO.ClH/c1-5-7-9-11-12-13-14-15-16-18-20-23(3,4)22-24-21-19-17-10-8-6-2;/h5-22H2,1-4H3;1H/q+1;/p-1. The van der Waals surface area contributed by atoms with E-state index in [0.717, 1.165) is 17.8 Å². The quantitative estimate of drug-likeness (QED) is 0.188. The van der Waals surface area contributed by atoms with Gasteiger partial charge in [-0.05, 0) is 19.3 Å². The summed E-state index contributed by atoms with van der Waals surface area (Å²) in [6.45, 7) is 7.64. The molecule has 0 fully saturated rings. The summed E-state index contributed by atoms with van der Waals surface area (Å²) in [5.74, 6) is 0. The highest BCUT2D eigenvalue weighted by atomic mass is 35.5. The molecular weight excluding hydrogens is 330 g/mol. The Kier molecular flexibility index (Phi) is 22.5. The molecular formula is C22H48ClNO. The van der Waals surface area contributed by atoms with Gasteiger partial charge in [0.25, 0.3) is 0 Å². The fourth-order valence-corrected chi connectivity index (χ4v) is 3.21. The van der Waals surface area contributed by atoms with Crippen molar-refractivity contribution in [2.24, 2.45) is 0 Å². The highest BCUT2D eigenvalue weighted by Gasteiger charge is 2.14. The number of unbranched alkanes of at least 4 members (excludes halogenated alkanes) is 13. The second-order valence-corrected chi connectivity index (χ2v) is 8.29. The molecule has 0 aromatic rings. The van der Waals surface area contributed by atoms with Gasteiger partial charge >= 0.3 is 0 Å². The third kappa shape index (κ3) is 22.2. The fourth-order valence-electron chi connectivity index (χ4n) is 3.21. The summed E-state index contributed by atoms with van der Waals surface area (Å²) in [5, 5.41) is 0. The Balaban J connectivity index is 0. The average Bonchev–Trinajstić information content (AvgIpc) is 2.55. The van der Waals surface area contributed by atoms with Crippen molar-refractivity contribution in [3.05, 3.63) is 0 Å². The average molecular weight is 378 g/mol. The molecule has 3 heteroatoms. The van der Waals surface area contributed by atoms with Gasteiger partial charge < -0.3 is 21.6 Å². The molecule has 25 heavy (non-hydrogen) atoms. The minimum absolute atomic E-state index is 0. The van der Waals surface area contributed by atoms with Crippen LogP contribution in [-0.2, 0) is 4.74 Å². The lowest BCUT2D eigenvalue weighted by Crippen LogP contribution is -3.00. The van der Waals surface area contributed by atoms with Crippen molar-refractivity contribution in [3.63, 3.8) is 0 Å². The molecule has 0 spiro atoms. The molecule has 0 aliphatic rings. The van der Waals surface area contributed by atoms with Crippen LogP contribution in [0.2, 0.25) is 0 Å². The van der Waals surface area contributed by atoms with Crippen LogP contribution < -0.4 is 12.4 Å². The van der Waals surface area contributed by atoms with Crippen LogP contribution in [0.3, 0.4) is 0 Å². The van der Waals surface area contributed by atoms with Gasteiger partial charge in [0, 0.05) is 0 Å². The first-order valence-electron chi connectivity index (χ1n) is 11.0. The fraction of sp³-hybridized carbons (Fsp3) is 1.00. The first kappa shape index (κ1) is 27.4. The van der Waals surface area contributed by atoms with Crippen LogP contribution in [0.1, 0.15) is 110 Å². The molecule has 0 bridgehead atoms. The number of nitrogens with zero attached hydrogens (tertiary/aromatic N) is 1. The van der Waals surface area contributed by atoms with E-state index in [4.69, 9.17) is 4.74 Å². The predicted molar refractivity (Wildman–Crippen MR) is 108 cm³/mol. The van der Waals surface area contributed by atoms with Crippen molar-refractivity contribution in [1.82, 2.24) is 0 Å². The summed E-state index contributed by atoms with van der Waals surface area (Å²) in [5.41, 5.74) is 0. The van der Waals surface area contributed by atoms with Crippen LogP contribution in [0.4, 0.5) is 0 Å². The lowest BCUT2D eigenvalue weighted by molar-refractivity contribution is -0.909. The zero-order valence-electron chi connectivity index (χ0n) is 18.0. The Morgan fingerprint density at radius 2 is 0.960 bits per heavy atom. The van der Waals surface area contributed by atoms with Crippen LogP contribution in [0.25, 0.3) is 0 Å². The summed E-state index contributed by atoms with van der Waals surface area (Å²) in [7, 11) is 4.62. The number of halogens is 1. The maximum Gasteiger partial charge on any atom is 0.182 e. The first-order valence-corrected chi connectivity index (χ1v) is 11.0. The van der Waals surface area contributed by atoms with Gasteiger partial charge in [-0.15, -0.1) is 0 Å². The molecule has 0 aliphatic heterocycles. The Labute approximate surface area is 166 Å². The number of hydrogen-bond donors (Lipinski definition) is 0. The smallest absolute Gasteiger partial charge is 0.182 e. The molecule has 0 aromatic carbocycles. The highest BCUT2D eigenvalue weighted by Crippen LogP contribution is 2.12. The van der Waals surface area contributed by atoms with Gasteiger partial charge in [0.1, 0.15) is 0 Å². The Morgan fingerprint density at radius 3 is 1.44 bits per heavy atom. The normalized spacial score (nSPS) is 11.5. The van der Waals surface area contributed by atoms with Crippen LogP contribution in [0.15, 0.2) is 0 Å². The van der Waals surface area contributed by atoms with Gasteiger partial charge in [0.05, 0.1) is 27.2 Å². The largest absolute Gasteiger partial charge is 1.00 e. The van der Waals surface area contributed by atoms with Crippen LogP contribution in [0.5, 0.6) is 0 Å². The molecule has 0 saturated carbocycles. The molecule has 0 saturated heterocycles. The van der Waals surface area contributed by atoms with Crippen molar-refractivity contribution >= 4 is 0 Å². The minimum atomic E-state index is 0. The van der Waals surface area contributed by atoms with E-state index in [2.05, 4.69) is 27.9 Å². The SMILES string of the molecule is CCCCCCCCCCCC[N+](C)(C)COCCCCCCC.[Cl-]. The Bertz CT molecular complexity index is 246. The monoisotopic (exact) mass is 377 g/mol. The summed E-state index contributed by atoms with van der Waals surface area (Å²) in [6, 6.07) is 0. The predicted octanol–water partition coefficient (Wildman–Crippen LogP) is 3.93. The summed E-state index contributed by atoms with van der Waals surface area (Å²) in [6.07, 6.45) is 20.8. The molecule has 154 valence electrons. The molecule has 0 heterocycles. The van der Waals surface area contributed by atoms with Crippen LogP contribution in [-0.4, -0.2) is 38.5 Å². The highest BCUT2D eigenvalue weighted by molar-refractivity contribution is 4.47. The molecule has 0 aromatic heterocycles. The van der Waals surface area contributed by atoms with Gasteiger partial charge in [0.2, 0.25) is 0 Å². The van der Waals surface area contributed by atoms with Crippen molar-refractivity contribution in [2.45, 2.75) is 110 Å². The number of hydrogen-bond acceptors (Lipinski definition) is 1. The van der Waals surface area contributed by atoms with E-state index in [1.165, 1.54) is 103 Å². The van der Waals surface area contributed by atoms with Gasteiger partial charge in [-0.1, -0.05) is 90.9 Å². The lowest BCUT2D eigenvalue weighted by Gasteiger charge is -2.29. The molecule has 2 nitrogen and oxygen atoms in total. The Morgan fingerprint density at radius 1 is 0.560 bits per heavy atom. The third-order valence-electron chi connectivity index (χ3n) is 4.95. The molecule has 0 unspecified atom stereocenters. The summed E-state index contributed by atoms with van der Waals surface area (Å²) in [4.78, 5) is 0. The topological polar surface area (TPSA) is 9.23 Å². The zero-order chi connectivity index (χ0) is 17.9. The number of quaternary nitrogens is 1. The number of rotatable bonds is 19. The van der Waals surface area contributed by atoms with E-state index < -0.39 is 0 Å². The third-order valence-corrected chi connectivity index (χ3v) is 4.95. The molecule has 0 radical (unpaired) electrons. The van der Waals surface area contributed by atoms with Crippen LogP contribution >= 0.6 is 0 Å². The van der Waals surface area contributed by atoms with Gasteiger partial charge in [-0.25, -0.2) is 0 Å². The van der Waals surface area contributed by atoms with E-state index in [-0.39, 0.29) is 12.4 Å². The van der Waals surface area contributed by atoms with Crippen LogP contribution in [0, 0.1) is 0 Å². The van der Waals surface area contributed by atoms with E-state index in [9.17, 15) is 0 Å². The number of ether oxygens (including phenoxy) is 1. The first-order chi connectivity index (χ1) is 11.6. The van der Waals surface area contributed by atoms with Gasteiger partial charge in [-0.2, -0.15) is 0 Å². The van der Waals surface area contributed by atoms with Gasteiger partial charge in [-0.3, -0.25) is 0 Å². The Hall–Kier alpha value is 0.210. The van der Waals surface area contributed by atoms with Crippen molar-refractivity contribution in [3.8, 4) is 0 Å². The summed E-state index contributed by atoms with van der Waals surface area (Å²) >= 11 is 0. The van der Waals surface area contributed by atoms with E-state index in [1.807, 2.05) is 0 Å². The second-order valence-electron chi connectivity index (χ2n) is 8.29. The minimum Gasteiger partial charge on any atom is -1.00 e. The molecule has 0 N–H and O–H groups in total. The van der Waals surface area contributed by atoms with E-state index in [0.29, 0.717) is 0 Å². The lowest BCUT2D eigenvalue weighted by atomic mass is 10.1. The molecule has 0 rings (SSSR count). The molecule has 0 amide bonds.